The van der Waals surface area contributed by atoms with Gasteiger partial charge in [-0.2, -0.15) is 0 Å². The number of fused-ring (bicyclic) bond motifs is 1. The molecule has 162 valence electrons. The molecule has 0 unspecified atom stereocenters. The van der Waals surface area contributed by atoms with Crippen LogP contribution in [0.5, 0.6) is 5.75 Å². The van der Waals surface area contributed by atoms with Gasteiger partial charge in [0.15, 0.2) is 0 Å². The van der Waals surface area contributed by atoms with Crippen molar-refractivity contribution in [3.63, 3.8) is 0 Å². The first-order valence-electron chi connectivity index (χ1n) is 10.8. The van der Waals surface area contributed by atoms with E-state index in [1.54, 1.807) is 19.5 Å². The van der Waals surface area contributed by atoms with Crippen LogP contribution in [0.2, 0.25) is 0 Å². The van der Waals surface area contributed by atoms with Gasteiger partial charge in [0.05, 0.1) is 7.11 Å². The second-order valence-corrected chi connectivity index (χ2v) is 7.85. The zero-order valence-electron chi connectivity index (χ0n) is 18.0. The Labute approximate surface area is 186 Å². The molecule has 0 saturated carbocycles. The fourth-order valence-corrected chi connectivity index (χ4v) is 4.20. The summed E-state index contributed by atoms with van der Waals surface area (Å²) < 4.78 is 7.39. The van der Waals surface area contributed by atoms with E-state index in [0.29, 0.717) is 44.4 Å². The van der Waals surface area contributed by atoms with Crippen LogP contribution in [0.3, 0.4) is 0 Å². The molecule has 2 aromatic carbocycles. The molecule has 7 nitrogen and oxygen atoms in total. The average molecular weight is 428 g/mol. The molecule has 32 heavy (non-hydrogen) atoms. The standard InChI is InChI=1S/C25H25N5O2/c1-32-21-9-7-19(8-10-21)18-30-22-6-3-2-5-20(22)17-23(30)24(31)28-13-15-29(16-14-28)25-26-11-4-12-27-25/h2-12,17H,13-16,18H2,1H3. The van der Waals surface area contributed by atoms with Crippen molar-refractivity contribution in [1.82, 2.24) is 19.4 Å². The fourth-order valence-electron chi connectivity index (χ4n) is 4.20. The molecular weight excluding hydrogens is 402 g/mol. The minimum absolute atomic E-state index is 0.0586. The molecule has 4 aromatic rings. The number of nitrogens with zero attached hydrogens (tertiary/aromatic N) is 5. The van der Waals surface area contributed by atoms with Gasteiger partial charge in [0.1, 0.15) is 11.4 Å². The molecule has 1 saturated heterocycles. The molecule has 2 aromatic heterocycles. The van der Waals surface area contributed by atoms with Crippen LogP contribution < -0.4 is 9.64 Å². The highest BCUT2D eigenvalue weighted by atomic mass is 16.5. The number of benzene rings is 2. The first-order valence-corrected chi connectivity index (χ1v) is 10.8. The summed E-state index contributed by atoms with van der Waals surface area (Å²) >= 11 is 0. The van der Waals surface area contributed by atoms with Crippen LogP contribution in [0, 0.1) is 0 Å². The third kappa shape index (κ3) is 3.89. The second-order valence-electron chi connectivity index (χ2n) is 7.85. The maximum atomic E-state index is 13.6. The Bertz CT molecular complexity index is 1210. The lowest BCUT2D eigenvalue weighted by Gasteiger charge is -2.34. The molecule has 3 heterocycles. The number of para-hydroxylation sites is 1. The number of piperazine rings is 1. The average Bonchev–Trinajstić information content (AvgIpc) is 3.23. The smallest absolute Gasteiger partial charge is 0.270 e. The molecule has 1 aliphatic rings. The van der Waals surface area contributed by atoms with Crippen molar-refractivity contribution in [3.05, 3.63) is 84.3 Å². The van der Waals surface area contributed by atoms with Crippen molar-refractivity contribution in [2.24, 2.45) is 0 Å². The molecular formula is C25H25N5O2. The van der Waals surface area contributed by atoms with E-state index in [1.165, 1.54) is 0 Å². The van der Waals surface area contributed by atoms with Gasteiger partial charge in [0, 0.05) is 56.0 Å². The zero-order valence-corrected chi connectivity index (χ0v) is 18.0. The molecule has 0 aliphatic carbocycles. The Hall–Kier alpha value is -3.87. The SMILES string of the molecule is COc1ccc(Cn2c(C(=O)N3CCN(c4ncccn4)CC3)cc3ccccc32)cc1. The Morgan fingerprint density at radius 2 is 1.66 bits per heavy atom. The van der Waals surface area contributed by atoms with Crippen LogP contribution >= 0.6 is 0 Å². The summed E-state index contributed by atoms with van der Waals surface area (Å²) in [6.07, 6.45) is 3.49. The molecule has 1 fully saturated rings. The highest BCUT2D eigenvalue weighted by molar-refractivity contribution is 5.99. The van der Waals surface area contributed by atoms with Crippen molar-refractivity contribution in [1.29, 1.82) is 0 Å². The van der Waals surface area contributed by atoms with Crippen LogP contribution in [-0.4, -0.2) is 58.6 Å². The van der Waals surface area contributed by atoms with Gasteiger partial charge in [0.2, 0.25) is 5.95 Å². The van der Waals surface area contributed by atoms with E-state index >= 15 is 0 Å². The van der Waals surface area contributed by atoms with E-state index in [2.05, 4.69) is 31.6 Å². The van der Waals surface area contributed by atoms with E-state index in [-0.39, 0.29) is 5.91 Å². The lowest BCUT2D eigenvalue weighted by molar-refractivity contribution is 0.0736. The highest BCUT2D eigenvalue weighted by Gasteiger charge is 2.26. The summed E-state index contributed by atoms with van der Waals surface area (Å²) in [5.74, 6) is 1.60. The summed E-state index contributed by atoms with van der Waals surface area (Å²) in [7, 11) is 1.66. The number of methoxy groups -OCH3 is 1. The lowest BCUT2D eigenvalue weighted by Crippen LogP contribution is -2.49. The number of hydrogen-bond acceptors (Lipinski definition) is 5. The summed E-state index contributed by atoms with van der Waals surface area (Å²) in [5, 5.41) is 1.07. The van der Waals surface area contributed by atoms with Gasteiger partial charge in [-0.05, 0) is 35.9 Å². The lowest BCUT2D eigenvalue weighted by atomic mass is 10.2. The zero-order chi connectivity index (χ0) is 21.9. The van der Waals surface area contributed by atoms with E-state index < -0.39 is 0 Å². The molecule has 5 rings (SSSR count). The number of rotatable bonds is 5. The Morgan fingerprint density at radius 1 is 0.938 bits per heavy atom. The van der Waals surface area contributed by atoms with Crippen LogP contribution in [0.15, 0.2) is 73.1 Å². The van der Waals surface area contributed by atoms with Crippen LogP contribution in [0.1, 0.15) is 16.1 Å². The van der Waals surface area contributed by atoms with Gasteiger partial charge in [-0.3, -0.25) is 4.79 Å². The number of carbonyl (C=O) groups excluding carboxylic acids is 1. The van der Waals surface area contributed by atoms with Crippen molar-refractivity contribution >= 4 is 22.8 Å². The Kier molecular flexibility index (Phi) is 5.46. The summed E-state index contributed by atoms with van der Waals surface area (Å²) in [5.41, 5.74) is 2.89. The molecule has 7 heteroatoms. The summed E-state index contributed by atoms with van der Waals surface area (Å²) in [4.78, 5) is 26.3. The molecule has 0 atom stereocenters. The van der Waals surface area contributed by atoms with Gasteiger partial charge in [0.25, 0.3) is 5.91 Å². The molecule has 0 radical (unpaired) electrons. The predicted molar refractivity (Wildman–Crippen MR) is 124 cm³/mol. The number of aromatic nitrogens is 3. The van der Waals surface area contributed by atoms with Crippen LogP contribution in [0.25, 0.3) is 10.9 Å². The molecule has 0 bridgehead atoms. The van der Waals surface area contributed by atoms with E-state index in [4.69, 9.17) is 4.74 Å². The quantitative estimate of drug-likeness (QED) is 0.488. The van der Waals surface area contributed by atoms with Crippen LogP contribution in [0.4, 0.5) is 5.95 Å². The topological polar surface area (TPSA) is 63.5 Å². The minimum Gasteiger partial charge on any atom is -0.497 e. The summed E-state index contributed by atoms with van der Waals surface area (Å²) in [6, 6.07) is 20.0. The van der Waals surface area contributed by atoms with Crippen LogP contribution in [-0.2, 0) is 6.54 Å². The van der Waals surface area contributed by atoms with E-state index in [1.807, 2.05) is 53.4 Å². The Morgan fingerprint density at radius 3 is 2.38 bits per heavy atom. The largest absolute Gasteiger partial charge is 0.497 e. The maximum absolute atomic E-state index is 13.6. The van der Waals surface area contributed by atoms with Crippen molar-refractivity contribution in [3.8, 4) is 5.75 Å². The monoisotopic (exact) mass is 427 g/mol. The molecule has 1 aliphatic heterocycles. The number of hydrogen-bond donors (Lipinski definition) is 0. The van der Waals surface area contributed by atoms with Gasteiger partial charge in [-0.15, -0.1) is 0 Å². The normalized spacial score (nSPS) is 14.0. The van der Waals surface area contributed by atoms with Gasteiger partial charge >= 0.3 is 0 Å². The van der Waals surface area contributed by atoms with Gasteiger partial charge < -0.3 is 19.1 Å². The number of anilines is 1. The number of amides is 1. The predicted octanol–water partition coefficient (Wildman–Crippen LogP) is 3.45. The maximum Gasteiger partial charge on any atom is 0.270 e. The third-order valence-corrected chi connectivity index (χ3v) is 5.93. The number of ether oxygens (including phenoxy) is 1. The molecule has 0 spiro atoms. The first-order chi connectivity index (χ1) is 15.7. The Balaban J connectivity index is 1.39. The van der Waals surface area contributed by atoms with E-state index in [9.17, 15) is 4.79 Å². The molecule has 0 N–H and O–H groups in total. The molecule has 1 amide bonds. The van der Waals surface area contributed by atoms with Gasteiger partial charge in [-0.25, -0.2) is 9.97 Å². The van der Waals surface area contributed by atoms with Crippen molar-refractivity contribution in [2.45, 2.75) is 6.54 Å². The summed E-state index contributed by atoms with van der Waals surface area (Å²) in [6.45, 7) is 3.33. The minimum atomic E-state index is 0.0586. The highest BCUT2D eigenvalue weighted by Crippen LogP contribution is 2.24. The number of carbonyl (C=O) groups is 1. The fraction of sp³-hybridized carbons (Fsp3) is 0.240. The first kappa shape index (κ1) is 20.1. The van der Waals surface area contributed by atoms with Gasteiger partial charge in [-0.1, -0.05) is 30.3 Å². The van der Waals surface area contributed by atoms with Crippen molar-refractivity contribution < 1.29 is 9.53 Å². The van der Waals surface area contributed by atoms with Crippen molar-refractivity contribution in [2.75, 3.05) is 38.2 Å². The third-order valence-electron chi connectivity index (χ3n) is 5.93. The second kappa shape index (κ2) is 8.70. The van der Waals surface area contributed by atoms with E-state index in [0.717, 1.165) is 22.2 Å².